The van der Waals surface area contributed by atoms with Crippen molar-refractivity contribution in [2.75, 3.05) is 0 Å². The van der Waals surface area contributed by atoms with Crippen molar-refractivity contribution in [1.29, 1.82) is 0 Å². The van der Waals surface area contributed by atoms with Gasteiger partial charge in [0.25, 0.3) is 0 Å². The molecule has 2 N–H and O–H groups in total. The second kappa shape index (κ2) is 4.91. The Labute approximate surface area is 125 Å². The van der Waals surface area contributed by atoms with Gasteiger partial charge in [0, 0.05) is 42.6 Å². The molecule has 0 saturated heterocycles. The highest BCUT2D eigenvalue weighted by Gasteiger charge is 2.11. The Morgan fingerprint density at radius 2 is 2.05 bits per heavy atom. The number of hydrogen-bond acceptors (Lipinski definition) is 5. The van der Waals surface area contributed by atoms with Crippen molar-refractivity contribution in [3.8, 4) is 0 Å². The first kappa shape index (κ1) is 12.4. The molecule has 1 atom stereocenters. The topological polar surface area (TPSA) is 69.1 Å². The first-order valence-corrected chi connectivity index (χ1v) is 7.55. The fourth-order valence-corrected chi connectivity index (χ4v) is 3.15. The van der Waals surface area contributed by atoms with Crippen LogP contribution in [0.2, 0.25) is 0 Å². The molecular formula is C15H13N5S. The first-order valence-electron chi connectivity index (χ1n) is 6.67. The van der Waals surface area contributed by atoms with Gasteiger partial charge in [-0.3, -0.25) is 14.4 Å². The van der Waals surface area contributed by atoms with E-state index in [1.165, 1.54) is 0 Å². The summed E-state index contributed by atoms with van der Waals surface area (Å²) in [6, 6.07) is 5.88. The smallest absolute Gasteiger partial charge is 0.193 e. The molecule has 0 bridgehead atoms. The van der Waals surface area contributed by atoms with Crippen LogP contribution >= 0.6 is 11.3 Å². The number of benzene rings is 1. The van der Waals surface area contributed by atoms with Crippen LogP contribution in [0.1, 0.15) is 17.3 Å². The van der Waals surface area contributed by atoms with Gasteiger partial charge in [0.15, 0.2) is 4.96 Å². The zero-order chi connectivity index (χ0) is 14.2. The molecule has 0 saturated carbocycles. The zero-order valence-corrected chi connectivity index (χ0v) is 12.0. The van der Waals surface area contributed by atoms with E-state index in [2.05, 4.69) is 15.0 Å². The highest BCUT2D eigenvalue weighted by Crippen LogP contribution is 2.20. The molecule has 1 unspecified atom stereocenters. The minimum atomic E-state index is -0.0963. The van der Waals surface area contributed by atoms with Crippen molar-refractivity contribution in [3.63, 3.8) is 0 Å². The van der Waals surface area contributed by atoms with Gasteiger partial charge >= 0.3 is 0 Å². The van der Waals surface area contributed by atoms with E-state index in [9.17, 15) is 0 Å². The van der Waals surface area contributed by atoms with Gasteiger partial charge in [0.05, 0.1) is 16.7 Å². The number of imidazole rings is 1. The van der Waals surface area contributed by atoms with Crippen molar-refractivity contribution in [2.24, 2.45) is 5.73 Å². The van der Waals surface area contributed by atoms with Crippen molar-refractivity contribution < 1.29 is 0 Å². The van der Waals surface area contributed by atoms with Crippen molar-refractivity contribution in [1.82, 2.24) is 19.4 Å². The number of hydrogen-bond donors (Lipinski definition) is 1. The van der Waals surface area contributed by atoms with Crippen LogP contribution < -0.4 is 5.73 Å². The molecule has 6 heteroatoms. The molecule has 0 aliphatic heterocycles. The Bertz CT molecular complexity index is 882. The van der Waals surface area contributed by atoms with E-state index in [4.69, 9.17) is 5.73 Å². The van der Waals surface area contributed by atoms with Gasteiger partial charge in [-0.1, -0.05) is 6.07 Å². The maximum Gasteiger partial charge on any atom is 0.193 e. The van der Waals surface area contributed by atoms with Gasteiger partial charge in [-0.25, -0.2) is 4.98 Å². The molecule has 4 aromatic rings. The van der Waals surface area contributed by atoms with Crippen molar-refractivity contribution in [3.05, 3.63) is 59.6 Å². The fourth-order valence-electron chi connectivity index (χ4n) is 2.43. The van der Waals surface area contributed by atoms with E-state index in [1.807, 2.05) is 40.4 Å². The number of aromatic nitrogens is 4. The van der Waals surface area contributed by atoms with Crippen LogP contribution in [0.5, 0.6) is 0 Å². The number of thiazole rings is 1. The quantitative estimate of drug-likeness (QED) is 0.630. The second-order valence-electron chi connectivity index (χ2n) is 4.94. The molecule has 0 radical (unpaired) electrons. The average molecular weight is 295 g/mol. The Balaban J connectivity index is 1.63. The van der Waals surface area contributed by atoms with Gasteiger partial charge < -0.3 is 5.73 Å². The molecule has 0 amide bonds. The maximum atomic E-state index is 6.31. The zero-order valence-electron chi connectivity index (χ0n) is 11.2. The minimum Gasteiger partial charge on any atom is -0.324 e. The van der Waals surface area contributed by atoms with E-state index >= 15 is 0 Å². The highest BCUT2D eigenvalue weighted by molar-refractivity contribution is 7.15. The van der Waals surface area contributed by atoms with E-state index in [1.54, 1.807) is 23.7 Å². The summed E-state index contributed by atoms with van der Waals surface area (Å²) in [5, 5.41) is 2.02. The molecule has 4 rings (SSSR count). The summed E-state index contributed by atoms with van der Waals surface area (Å²) < 4.78 is 2.03. The molecule has 3 aromatic heterocycles. The number of fused-ring (bicyclic) bond motifs is 2. The van der Waals surface area contributed by atoms with Crippen LogP contribution in [0.15, 0.2) is 48.4 Å². The predicted molar refractivity (Wildman–Crippen MR) is 83.2 cm³/mol. The summed E-state index contributed by atoms with van der Waals surface area (Å²) in [6.07, 6.45) is 8.14. The van der Waals surface area contributed by atoms with Gasteiger partial charge in [0.2, 0.25) is 0 Å². The lowest BCUT2D eigenvalue weighted by molar-refractivity contribution is 0.711. The summed E-state index contributed by atoms with van der Waals surface area (Å²) in [7, 11) is 0. The number of nitrogens with zero attached hydrogens (tertiary/aromatic N) is 4. The van der Waals surface area contributed by atoms with Crippen LogP contribution in [0.4, 0.5) is 0 Å². The third kappa shape index (κ3) is 2.28. The van der Waals surface area contributed by atoms with Crippen molar-refractivity contribution >= 4 is 27.3 Å². The van der Waals surface area contributed by atoms with E-state index in [0.29, 0.717) is 6.42 Å². The molecule has 21 heavy (non-hydrogen) atoms. The summed E-state index contributed by atoms with van der Waals surface area (Å²) in [5.41, 5.74) is 10.1. The molecule has 3 heterocycles. The lowest BCUT2D eigenvalue weighted by atomic mass is 10.0. The standard InChI is InChI=1S/C15H13N5S/c16-12(8-11-9-20-5-6-21-15(20)19-11)10-1-2-13-14(7-10)18-4-3-17-13/h1-7,9,12H,8,16H2. The molecule has 0 aliphatic carbocycles. The summed E-state index contributed by atoms with van der Waals surface area (Å²) in [5.74, 6) is 0. The first-order chi connectivity index (χ1) is 10.3. The Hall–Kier alpha value is -2.31. The molecule has 0 spiro atoms. The van der Waals surface area contributed by atoms with Crippen LogP contribution in [-0.4, -0.2) is 19.4 Å². The van der Waals surface area contributed by atoms with Gasteiger partial charge in [-0.05, 0) is 17.7 Å². The molecule has 0 fully saturated rings. The average Bonchev–Trinajstić information content (AvgIpc) is 3.08. The van der Waals surface area contributed by atoms with E-state index in [-0.39, 0.29) is 6.04 Å². The minimum absolute atomic E-state index is 0.0963. The Morgan fingerprint density at radius 1 is 1.19 bits per heavy atom. The normalized spacial score (nSPS) is 13.0. The van der Waals surface area contributed by atoms with Gasteiger partial charge in [-0.2, -0.15) is 0 Å². The molecule has 104 valence electrons. The third-order valence-electron chi connectivity index (χ3n) is 3.49. The highest BCUT2D eigenvalue weighted by atomic mass is 32.1. The maximum absolute atomic E-state index is 6.31. The van der Waals surface area contributed by atoms with Crippen LogP contribution in [0, 0.1) is 0 Å². The monoisotopic (exact) mass is 295 g/mol. The summed E-state index contributed by atoms with van der Waals surface area (Å²) in [6.45, 7) is 0. The number of nitrogens with two attached hydrogens (primary N) is 1. The molecule has 0 aliphatic rings. The van der Waals surface area contributed by atoms with Gasteiger partial charge in [0.1, 0.15) is 0 Å². The largest absolute Gasteiger partial charge is 0.324 e. The fraction of sp³-hybridized carbons (Fsp3) is 0.133. The van der Waals surface area contributed by atoms with Crippen LogP contribution in [0.25, 0.3) is 16.0 Å². The predicted octanol–water partition coefficient (Wildman–Crippen LogP) is 2.58. The summed E-state index contributed by atoms with van der Waals surface area (Å²) >= 11 is 1.63. The molecular weight excluding hydrogens is 282 g/mol. The van der Waals surface area contributed by atoms with E-state index in [0.717, 1.165) is 27.3 Å². The summed E-state index contributed by atoms with van der Waals surface area (Å²) in [4.78, 5) is 14.2. The SMILES string of the molecule is NC(Cc1cn2ccsc2n1)c1ccc2nccnc2c1. The van der Waals surface area contributed by atoms with Crippen molar-refractivity contribution in [2.45, 2.75) is 12.5 Å². The molecule has 1 aromatic carbocycles. The molecule has 5 nitrogen and oxygen atoms in total. The third-order valence-corrected chi connectivity index (χ3v) is 4.26. The van der Waals surface area contributed by atoms with Crippen LogP contribution in [0.3, 0.4) is 0 Å². The Kier molecular flexibility index (Phi) is 2.90. The number of rotatable bonds is 3. The van der Waals surface area contributed by atoms with Crippen LogP contribution in [-0.2, 0) is 6.42 Å². The Morgan fingerprint density at radius 3 is 2.90 bits per heavy atom. The van der Waals surface area contributed by atoms with E-state index < -0.39 is 0 Å². The lowest BCUT2D eigenvalue weighted by Gasteiger charge is -2.10. The second-order valence-corrected chi connectivity index (χ2v) is 5.81. The lowest BCUT2D eigenvalue weighted by Crippen LogP contribution is -2.13. The van der Waals surface area contributed by atoms with Gasteiger partial charge in [-0.15, -0.1) is 11.3 Å².